The number of esters is 1. The number of methoxy groups -OCH3 is 1. The van der Waals surface area contributed by atoms with Crippen molar-refractivity contribution in [3.8, 4) is 0 Å². The van der Waals surface area contributed by atoms with Crippen LogP contribution in [0.2, 0.25) is 0 Å². The number of hydrogen-bond donors (Lipinski definition) is 0. The van der Waals surface area contributed by atoms with Crippen molar-refractivity contribution in [2.24, 2.45) is 34.0 Å². The molecule has 0 aromatic carbocycles. The van der Waals surface area contributed by atoms with Gasteiger partial charge in [0.1, 0.15) is 6.26 Å². The minimum atomic E-state index is -4.82. The molecule has 0 saturated heterocycles. The average molecular weight is 519 g/mol. The molecule has 0 aromatic rings. The van der Waals surface area contributed by atoms with Crippen LogP contribution >= 0.6 is 0 Å². The minimum Gasteiger partial charge on any atom is -0.716 e. The van der Waals surface area contributed by atoms with Gasteiger partial charge in [-0.3, -0.25) is 0 Å². The molecule has 0 unspecified atom stereocenters. The summed E-state index contributed by atoms with van der Waals surface area (Å²) in [5.74, 6) is 0.802. The standard InChI is InChI=1S/C26H40O7S.Na/c1-24(2)12-6-13-26(4)20(24)11-14-25(3)19(9-7-17-15-22(31-5)33-23(17)27)18(8-10-21(25)26)16-32-34(28,29)30;/h15-16,19-22H,6-14H2,1-5H3,(H,28,29,30);/q;+1/p-1/b18-16+;/t19-,20-,21-,22-,25+,26-;/m0./s1. The average Bonchev–Trinajstić information content (AvgIpc) is 3.09. The number of fused-ring (bicyclic) bond motifs is 3. The Bertz CT molecular complexity index is 988. The van der Waals surface area contributed by atoms with Crippen LogP contribution in [0.25, 0.3) is 0 Å². The predicted molar refractivity (Wildman–Crippen MR) is 126 cm³/mol. The maximum atomic E-state index is 12.3. The number of ether oxygens (including phenoxy) is 2. The van der Waals surface area contributed by atoms with E-state index in [0.717, 1.165) is 24.8 Å². The normalized spacial score (nSPS) is 39.7. The van der Waals surface area contributed by atoms with Crippen LogP contribution in [-0.2, 0) is 28.9 Å². The van der Waals surface area contributed by atoms with E-state index in [9.17, 15) is 17.8 Å². The maximum absolute atomic E-state index is 12.3. The number of carbonyl (C=O) groups excluding carboxylic acids is 1. The van der Waals surface area contributed by atoms with E-state index in [1.54, 1.807) is 6.08 Å². The molecular formula is C26H39NaO7S. The van der Waals surface area contributed by atoms with E-state index >= 15 is 0 Å². The Hall–Kier alpha value is -0.380. The first-order chi connectivity index (χ1) is 15.8. The van der Waals surface area contributed by atoms with E-state index in [0.29, 0.717) is 42.1 Å². The Kier molecular flexibility index (Phi) is 8.68. The molecule has 0 radical (unpaired) electrons. The van der Waals surface area contributed by atoms with Crippen LogP contribution in [0.1, 0.15) is 85.5 Å². The van der Waals surface area contributed by atoms with E-state index < -0.39 is 16.7 Å². The second kappa shape index (κ2) is 10.4. The van der Waals surface area contributed by atoms with Gasteiger partial charge in [-0.05, 0) is 97.0 Å². The SMILES string of the molecule is CO[C@@H]1C=C(CC[C@H]2/C(=C/OS(=O)(=O)[O-])CC[C@H]3[C@]2(C)CC[C@H]2C(C)(C)CCC[C@]32C)C(=O)O1.[Na+]. The summed E-state index contributed by atoms with van der Waals surface area (Å²) in [6.45, 7) is 9.65. The third-order valence-electron chi connectivity index (χ3n) is 9.88. The summed E-state index contributed by atoms with van der Waals surface area (Å²) in [6.07, 6.45) is 11.0. The zero-order valence-electron chi connectivity index (χ0n) is 22.1. The van der Waals surface area contributed by atoms with Crippen LogP contribution in [-0.4, -0.2) is 32.3 Å². The summed E-state index contributed by atoms with van der Waals surface area (Å²) < 4.78 is 48.7. The third-order valence-corrected chi connectivity index (χ3v) is 10.2. The molecule has 3 fully saturated rings. The van der Waals surface area contributed by atoms with Crippen molar-refractivity contribution in [1.82, 2.24) is 0 Å². The summed E-state index contributed by atoms with van der Waals surface area (Å²) in [6, 6.07) is 0. The molecule has 9 heteroatoms. The molecule has 3 saturated carbocycles. The summed E-state index contributed by atoms with van der Waals surface area (Å²) in [4.78, 5) is 12.3. The smallest absolute Gasteiger partial charge is 0.716 e. The van der Waals surface area contributed by atoms with Crippen LogP contribution in [0.4, 0.5) is 0 Å². The first-order valence-corrected chi connectivity index (χ1v) is 13.9. The van der Waals surface area contributed by atoms with Gasteiger partial charge in [0.15, 0.2) is 0 Å². The molecule has 0 spiro atoms. The van der Waals surface area contributed by atoms with Crippen molar-refractivity contribution >= 4 is 16.4 Å². The van der Waals surface area contributed by atoms with Crippen molar-refractivity contribution in [3.63, 3.8) is 0 Å². The maximum Gasteiger partial charge on any atom is 1.00 e. The molecule has 4 aliphatic rings. The van der Waals surface area contributed by atoms with Gasteiger partial charge in [0.25, 0.3) is 10.4 Å². The van der Waals surface area contributed by atoms with E-state index in [2.05, 4.69) is 31.9 Å². The summed E-state index contributed by atoms with van der Waals surface area (Å²) >= 11 is 0. The van der Waals surface area contributed by atoms with Crippen LogP contribution in [0, 0.1) is 34.0 Å². The van der Waals surface area contributed by atoms with Gasteiger partial charge in [0.05, 0.1) is 0 Å². The largest absolute Gasteiger partial charge is 1.00 e. The number of carbonyl (C=O) groups is 1. The van der Waals surface area contributed by atoms with Crippen LogP contribution in [0.15, 0.2) is 23.5 Å². The van der Waals surface area contributed by atoms with Crippen molar-refractivity contribution in [1.29, 1.82) is 0 Å². The number of allylic oxidation sites excluding steroid dienone is 1. The Morgan fingerprint density at radius 2 is 1.83 bits per heavy atom. The van der Waals surface area contributed by atoms with Gasteiger partial charge in [-0.1, -0.05) is 34.1 Å². The van der Waals surface area contributed by atoms with E-state index in [1.165, 1.54) is 32.6 Å². The molecule has 1 heterocycles. The van der Waals surface area contributed by atoms with Crippen molar-refractivity contribution < 1.29 is 61.0 Å². The fraction of sp³-hybridized carbons (Fsp3) is 0.808. The second-order valence-electron chi connectivity index (χ2n) is 12.0. The predicted octanol–water partition coefficient (Wildman–Crippen LogP) is 2.25. The molecule has 4 rings (SSSR count). The minimum absolute atomic E-state index is 0. The third kappa shape index (κ3) is 5.58. The van der Waals surface area contributed by atoms with Gasteiger partial charge in [0.2, 0.25) is 6.29 Å². The molecular weight excluding hydrogens is 479 g/mol. The topological polar surface area (TPSA) is 102 Å². The zero-order valence-corrected chi connectivity index (χ0v) is 24.9. The van der Waals surface area contributed by atoms with Crippen molar-refractivity contribution in [3.05, 3.63) is 23.5 Å². The molecule has 35 heavy (non-hydrogen) atoms. The molecule has 0 bridgehead atoms. The summed E-state index contributed by atoms with van der Waals surface area (Å²) in [5, 5.41) is 0. The van der Waals surface area contributed by atoms with E-state index in [-0.39, 0.29) is 52.3 Å². The van der Waals surface area contributed by atoms with Crippen LogP contribution in [0.5, 0.6) is 0 Å². The monoisotopic (exact) mass is 518 g/mol. The zero-order chi connectivity index (χ0) is 24.9. The number of rotatable bonds is 6. The fourth-order valence-electron chi connectivity index (χ4n) is 8.50. The van der Waals surface area contributed by atoms with Crippen LogP contribution < -0.4 is 29.6 Å². The summed E-state index contributed by atoms with van der Waals surface area (Å²) in [5.41, 5.74) is 1.92. The number of hydrogen-bond acceptors (Lipinski definition) is 7. The van der Waals surface area contributed by atoms with Crippen molar-refractivity contribution in [2.45, 2.75) is 91.8 Å². The van der Waals surface area contributed by atoms with E-state index in [4.69, 9.17) is 9.47 Å². The van der Waals surface area contributed by atoms with Gasteiger partial charge < -0.3 is 18.2 Å². The first-order valence-electron chi connectivity index (χ1n) is 12.6. The Morgan fingerprint density at radius 1 is 1.11 bits per heavy atom. The van der Waals surface area contributed by atoms with E-state index in [1.807, 2.05) is 0 Å². The first kappa shape index (κ1) is 29.2. The second-order valence-corrected chi connectivity index (χ2v) is 13.0. The summed E-state index contributed by atoms with van der Waals surface area (Å²) in [7, 11) is -3.32. The quantitative estimate of drug-likeness (QED) is 0.175. The molecule has 1 aliphatic heterocycles. The van der Waals surface area contributed by atoms with Gasteiger partial charge in [0, 0.05) is 12.7 Å². The Labute approximate surface area is 232 Å². The molecule has 3 aliphatic carbocycles. The van der Waals surface area contributed by atoms with Gasteiger partial charge in [-0.15, -0.1) is 0 Å². The number of cyclic esters (lactones) is 1. The Morgan fingerprint density at radius 3 is 2.46 bits per heavy atom. The molecule has 0 aromatic heterocycles. The van der Waals surface area contributed by atoms with Crippen molar-refractivity contribution in [2.75, 3.05) is 7.11 Å². The molecule has 0 N–H and O–H groups in total. The molecule has 192 valence electrons. The fourth-order valence-corrected chi connectivity index (χ4v) is 8.74. The Balaban J connectivity index is 0.00000342. The van der Waals surface area contributed by atoms with Gasteiger partial charge in [-0.25, -0.2) is 13.2 Å². The van der Waals surface area contributed by atoms with Crippen LogP contribution in [0.3, 0.4) is 0 Å². The molecule has 0 amide bonds. The van der Waals surface area contributed by atoms with Gasteiger partial charge in [-0.2, -0.15) is 0 Å². The molecule has 6 atom stereocenters. The van der Waals surface area contributed by atoms with Gasteiger partial charge >= 0.3 is 35.5 Å². The molecule has 7 nitrogen and oxygen atoms in total.